The summed E-state index contributed by atoms with van der Waals surface area (Å²) in [6.45, 7) is 7.36. The molecule has 6 heteroatoms. The average Bonchev–Trinajstić information content (AvgIpc) is 2.61. The second-order valence-electron chi connectivity index (χ2n) is 8.24. The monoisotopic (exact) mass is 376 g/mol. The maximum absolute atomic E-state index is 12.6. The van der Waals surface area contributed by atoms with E-state index in [0.717, 1.165) is 25.7 Å². The lowest BCUT2D eigenvalue weighted by atomic mass is 9.69. The van der Waals surface area contributed by atoms with Crippen molar-refractivity contribution in [3.8, 4) is 0 Å². The van der Waals surface area contributed by atoms with Crippen LogP contribution in [0.1, 0.15) is 46.5 Å². The van der Waals surface area contributed by atoms with Crippen molar-refractivity contribution < 1.29 is 19.1 Å². The van der Waals surface area contributed by atoms with Gasteiger partial charge in [0, 0.05) is 24.4 Å². The first-order valence-corrected chi connectivity index (χ1v) is 9.63. The van der Waals surface area contributed by atoms with Crippen molar-refractivity contribution in [1.82, 2.24) is 0 Å². The highest BCUT2D eigenvalue weighted by Crippen LogP contribution is 2.40. The predicted molar refractivity (Wildman–Crippen MR) is 107 cm³/mol. The lowest BCUT2D eigenvalue weighted by Gasteiger charge is -2.36. The van der Waals surface area contributed by atoms with Crippen LogP contribution in [0.3, 0.4) is 0 Å². The van der Waals surface area contributed by atoms with Gasteiger partial charge in [-0.2, -0.15) is 0 Å². The molecule has 0 atom stereocenters. The summed E-state index contributed by atoms with van der Waals surface area (Å²) >= 11 is 0. The molecule has 1 saturated carbocycles. The third kappa shape index (κ3) is 6.86. The lowest BCUT2D eigenvalue weighted by molar-refractivity contribution is -0.121. The molecule has 1 aliphatic rings. The molecule has 1 aromatic rings. The number of amides is 2. The Bertz CT molecular complexity index is 631. The molecule has 0 bridgehead atoms. The number of hydrogen-bond acceptors (Lipinski definition) is 4. The summed E-state index contributed by atoms with van der Waals surface area (Å²) in [5, 5.41) is 5.63. The third-order valence-electron chi connectivity index (χ3n) is 5.22. The number of nitrogens with one attached hydrogen (secondary N) is 2. The van der Waals surface area contributed by atoms with Gasteiger partial charge in [0.15, 0.2) is 0 Å². The molecule has 0 spiro atoms. The van der Waals surface area contributed by atoms with Crippen LogP contribution in [0.5, 0.6) is 0 Å². The number of hydrogen-bond donors (Lipinski definition) is 2. The summed E-state index contributed by atoms with van der Waals surface area (Å²) in [5.41, 5.74) is 1.55. The van der Waals surface area contributed by atoms with Crippen molar-refractivity contribution in [3.63, 3.8) is 0 Å². The van der Waals surface area contributed by atoms with E-state index in [0.29, 0.717) is 29.3 Å². The molecule has 6 nitrogen and oxygen atoms in total. The number of carbonyl (C=O) groups excluding carboxylic acids is 2. The van der Waals surface area contributed by atoms with Crippen molar-refractivity contribution in [3.05, 3.63) is 24.3 Å². The number of benzene rings is 1. The molecule has 150 valence electrons. The number of methoxy groups -OCH3 is 1. The van der Waals surface area contributed by atoms with E-state index in [4.69, 9.17) is 9.47 Å². The highest BCUT2D eigenvalue weighted by atomic mass is 16.6. The number of rotatable bonds is 6. The molecule has 0 radical (unpaired) electrons. The topological polar surface area (TPSA) is 76.7 Å². The third-order valence-corrected chi connectivity index (χ3v) is 5.22. The fourth-order valence-corrected chi connectivity index (χ4v) is 3.51. The second kappa shape index (κ2) is 9.74. The van der Waals surface area contributed by atoms with E-state index in [2.05, 4.69) is 31.4 Å². The fraction of sp³-hybridized carbons (Fsp3) is 0.619. The zero-order valence-corrected chi connectivity index (χ0v) is 16.8. The summed E-state index contributed by atoms with van der Waals surface area (Å²) in [6, 6.07) is 7.09. The molecular weight excluding hydrogens is 344 g/mol. The minimum atomic E-state index is -0.545. The van der Waals surface area contributed by atoms with Crippen LogP contribution < -0.4 is 10.6 Å². The maximum atomic E-state index is 12.6. The van der Waals surface area contributed by atoms with Gasteiger partial charge in [0.2, 0.25) is 5.91 Å². The van der Waals surface area contributed by atoms with Gasteiger partial charge in [-0.1, -0.05) is 26.8 Å². The summed E-state index contributed by atoms with van der Waals surface area (Å²) < 4.78 is 9.81. The van der Waals surface area contributed by atoms with Crippen LogP contribution in [0.4, 0.5) is 16.2 Å². The molecule has 0 aliphatic heterocycles. The zero-order valence-electron chi connectivity index (χ0n) is 16.8. The van der Waals surface area contributed by atoms with Gasteiger partial charge in [0.25, 0.3) is 0 Å². The van der Waals surface area contributed by atoms with Gasteiger partial charge in [-0.15, -0.1) is 0 Å². The molecule has 0 heterocycles. The van der Waals surface area contributed by atoms with Crippen LogP contribution in [0.15, 0.2) is 24.3 Å². The van der Waals surface area contributed by atoms with Crippen molar-refractivity contribution in [2.24, 2.45) is 17.3 Å². The largest absolute Gasteiger partial charge is 0.447 e. The van der Waals surface area contributed by atoms with Crippen molar-refractivity contribution in [2.75, 3.05) is 31.0 Å². The summed E-state index contributed by atoms with van der Waals surface area (Å²) in [6.07, 6.45) is 3.50. The minimum absolute atomic E-state index is 0.0548. The first kappa shape index (κ1) is 21.2. The van der Waals surface area contributed by atoms with Crippen molar-refractivity contribution >= 4 is 23.4 Å². The number of carbonyl (C=O) groups is 2. The van der Waals surface area contributed by atoms with Crippen LogP contribution in [0, 0.1) is 17.3 Å². The van der Waals surface area contributed by atoms with Crippen LogP contribution >= 0.6 is 0 Å². The van der Waals surface area contributed by atoms with Crippen LogP contribution in [-0.2, 0) is 14.3 Å². The first-order chi connectivity index (χ1) is 12.8. The van der Waals surface area contributed by atoms with Crippen molar-refractivity contribution in [1.29, 1.82) is 0 Å². The second-order valence-corrected chi connectivity index (χ2v) is 8.24. The van der Waals surface area contributed by atoms with Crippen LogP contribution in [-0.4, -0.2) is 32.3 Å². The molecule has 1 aromatic carbocycles. The highest BCUT2D eigenvalue weighted by Gasteiger charge is 2.32. The van der Waals surface area contributed by atoms with Gasteiger partial charge in [0.05, 0.1) is 6.61 Å². The molecule has 0 aromatic heterocycles. The number of ether oxygens (including phenoxy) is 2. The summed E-state index contributed by atoms with van der Waals surface area (Å²) in [5.74, 6) is 0.791. The van der Waals surface area contributed by atoms with E-state index in [1.807, 2.05) is 6.07 Å². The Morgan fingerprint density at radius 1 is 1.04 bits per heavy atom. The van der Waals surface area contributed by atoms with Gasteiger partial charge in [0.1, 0.15) is 6.61 Å². The minimum Gasteiger partial charge on any atom is -0.447 e. The summed E-state index contributed by atoms with van der Waals surface area (Å²) in [7, 11) is 1.54. The molecule has 27 heavy (non-hydrogen) atoms. The maximum Gasteiger partial charge on any atom is 0.411 e. The van der Waals surface area contributed by atoms with Crippen LogP contribution in [0.25, 0.3) is 0 Å². The van der Waals surface area contributed by atoms with Gasteiger partial charge in [-0.3, -0.25) is 10.1 Å². The highest BCUT2D eigenvalue weighted by molar-refractivity contribution is 5.93. The first-order valence-electron chi connectivity index (χ1n) is 9.63. The Morgan fingerprint density at radius 3 is 2.26 bits per heavy atom. The van der Waals surface area contributed by atoms with Gasteiger partial charge in [-0.05, 0) is 55.2 Å². The quantitative estimate of drug-likeness (QED) is 0.707. The Hall–Kier alpha value is -2.08. The molecule has 2 N–H and O–H groups in total. The Balaban J connectivity index is 1.85. The summed E-state index contributed by atoms with van der Waals surface area (Å²) in [4.78, 5) is 24.3. The van der Waals surface area contributed by atoms with E-state index < -0.39 is 6.09 Å². The standard InChI is InChI=1S/C21H32N2O4/c1-21(2,3)16-10-8-15(9-11-16)19(24)22-17-6-5-7-18(14-17)23-20(25)27-13-12-26-4/h5-7,14-16H,8-13H2,1-4H3,(H,22,24)(H,23,25). The lowest BCUT2D eigenvalue weighted by Crippen LogP contribution is -2.31. The van der Waals surface area contributed by atoms with E-state index in [9.17, 15) is 9.59 Å². The van der Waals surface area contributed by atoms with Gasteiger partial charge < -0.3 is 14.8 Å². The average molecular weight is 376 g/mol. The smallest absolute Gasteiger partial charge is 0.411 e. The predicted octanol–water partition coefficient (Wildman–Crippen LogP) is 4.67. The number of anilines is 2. The van der Waals surface area contributed by atoms with Gasteiger partial charge in [-0.25, -0.2) is 4.79 Å². The van der Waals surface area contributed by atoms with E-state index in [1.54, 1.807) is 25.3 Å². The van der Waals surface area contributed by atoms with Crippen LogP contribution in [0.2, 0.25) is 0 Å². The van der Waals surface area contributed by atoms with E-state index >= 15 is 0 Å². The van der Waals surface area contributed by atoms with E-state index in [1.165, 1.54) is 0 Å². The molecule has 1 fully saturated rings. The fourth-order valence-electron chi connectivity index (χ4n) is 3.51. The Labute approximate surface area is 162 Å². The molecular formula is C21H32N2O4. The molecule has 1 aliphatic carbocycles. The van der Waals surface area contributed by atoms with Crippen molar-refractivity contribution in [2.45, 2.75) is 46.5 Å². The molecule has 0 saturated heterocycles. The Morgan fingerprint density at radius 2 is 1.67 bits per heavy atom. The molecule has 0 unspecified atom stereocenters. The SMILES string of the molecule is COCCOC(=O)Nc1cccc(NC(=O)C2CCC(C(C)(C)C)CC2)c1. The molecule has 2 rings (SSSR count). The van der Waals surface area contributed by atoms with E-state index in [-0.39, 0.29) is 18.4 Å². The molecule has 2 amide bonds. The van der Waals surface area contributed by atoms with Gasteiger partial charge >= 0.3 is 6.09 Å². The normalized spacial score (nSPS) is 20.0. The zero-order chi connectivity index (χ0) is 19.9. The Kier molecular flexibility index (Phi) is 7.66.